The number of ether oxygens (including phenoxy) is 1. The molecule has 2 amide bonds. The molecule has 0 saturated heterocycles. The molecule has 25 heavy (non-hydrogen) atoms. The number of nitrogens with one attached hydrogen (secondary N) is 2. The van der Waals surface area contributed by atoms with E-state index in [4.69, 9.17) is 27.9 Å². The molecule has 0 saturated carbocycles. The summed E-state index contributed by atoms with van der Waals surface area (Å²) in [6.07, 6.45) is 2.62. The third-order valence-electron chi connectivity index (χ3n) is 3.50. The standard InChI is InChI=1S/C18H21Cl2N3O2/c1-3-8-25-17-7-4-13(10-21-17)11-22-18(24)23-12(2)14-5-6-15(19)16(20)9-14/h4-7,9-10,12H,3,8,11H2,1-2H3,(H2,22,23,24). The lowest BCUT2D eigenvalue weighted by atomic mass is 10.1. The van der Waals surface area contributed by atoms with Gasteiger partial charge in [-0.1, -0.05) is 42.3 Å². The van der Waals surface area contributed by atoms with Crippen molar-refractivity contribution in [1.82, 2.24) is 15.6 Å². The molecule has 0 aliphatic carbocycles. The minimum atomic E-state index is -0.273. The van der Waals surface area contributed by atoms with E-state index in [9.17, 15) is 4.79 Å². The quantitative estimate of drug-likeness (QED) is 0.727. The molecule has 0 aliphatic rings. The lowest BCUT2D eigenvalue weighted by molar-refractivity contribution is 0.237. The van der Waals surface area contributed by atoms with Crippen LogP contribution < -0.4 is 15.4 Å². The normalized spacial score (nSPS) is 11.7. The molecule has 7 heteroatoms. The Morgan fingerprint density at radius 2 is 2.04 bits per heavy atom. The predicted molar refractivity (Wildman–Crippen MR) is 100 cm³/mol. The van der Waals surface area contributed by atoms with Crippen LogP contribution in [-0.4, -0.2) is 17.6 Å². The highest BCUT2D eigenvalue weighted by Gasteiger charge is 2.11. The van der Waals surface area contributed by atoms with Crippen molar-refractivity contribution in [3.8, 4) is 5.88 Å². The molecule has 2 aromatic rings. The maximum Gasteiger partial charge on any atom is 0.315 e. The summed E-state index contributed by atoms with van der Waals surface area (Å²) in [5.74, 6) is 0.586. The van der Waals surface area contributed by atoms with Crippen LogP contribution in [0, 0.1) is 0 Å². The van der Waals surface area contributed by atoms with Crippen molar-refractivity contribution in [1.29, 1.82) is 0 Å². The molecule has 5 nitrogen and oxygen atoms in total. The van der Waals surface area contributed by atoms with Gasteiger partial charge in [-0.25, -0.2) is 9.78 Å². The SMILES string of the molecule is CCCOc1ccc(CNC(=O)NC(C)c2ccc(Cl)c(Cl)c2)cn1. The molecule has 1 aromatic carbocycles. The molecular formula is C18H21Cl2N3O2. The van der Waals surface area contributed by atoms with Crippen LogP contribution in [0.25, 0.3) is 0 Å². The first-order valence-electron chi connectivity index (χ1n) is 8.06. The maximum atomic E-state index is 12.0. The van der Waals surface area contributed by atoms with E-state index in [2.05, 4.69) is 15.6 Å². The van der Waals surface area contributed by atoms with E-state index >= 15 is 0 Å². The lowest BCUT2D eigenvalue weighted by Gasteiger charge is -2.15. The topological polar surface area (TPSA) is 63.2 Å². The van der Waals surface area contributed by atoms with Gasteiger partial charge in [0.25, 0.3) is 0 Å². The number of halogens is 2. The fourth-order valence-corrected chi connectivity index (χ4v) is 2.41. The van der Waals surface area contributed by atoms with E-state index in [1.807, 2.05) is 26.0 Å². The van der Waals surface area contributed by atoms with Crippen molar-refractivity contribution in [2.75, 3.05) is 6.61 Å². The first-order chi connectivity index (χ1) is 12.0. The molecule has 1 unspecified atom stereocenters. The number of rotatable bonds is 7. The number of aromatic nitrogens is 1. The van der Waals surface area contributed by atoms with Gasteiger partial charge in [-0.05, 0) is 36.6 Å². The zero-order valence-electron chi connectivity index (χ0n) is 14.2. The average Bonchev–Trinajstić information content (AvgIpc) is 2.61. The first-order valence-corrected chi connectivity index (χ1v) is 8.82. The number of hydrogen-bond acceptors (Lipinski definition) is 3. The molecule has 1 atom stereocenters. The fourth-order valence-electron chi connectivity index (χ4n) is 2.10. The van der Waals surface area contributed by atoms with Crippen LogP contribution in [0.15, 0.2) is 36.5 Å². The smallest absolute Gasteiger partial charge is 0.315 e. The van der Waals surface area contributed by atoms with Crippen molar-refractivity contribution in [3.05, 3.63) is 57.7 Å². The Balaban J connectivity index is 1.82. The molecule has 0 radical (unpaired) electrons. The Labute approximate surface area is 157 Å². The van der Waals surface area contributed by atoms with E-state index in [1.54, 1.807) is 24.4 Å². The van der Waals surface area contributed by atoms with Crippen LogP contribution in [0.1, 0.15) is 37.4 Å². The Morgan fingerprint density at radius 3 is 2.68 bits per heavy atom. The zero-order chi connectivity index (χ0) is 18.2. The molecule has 2 N–H and O–H groups in total. The molecule has 0 aliphatic heterocycles. The van der Waals surface area contributed by atoms with Crippen LogP contribution >= 0.6 is 23.2 Å². The molecule has 0 bridgehead atoms. The Hall–Kier alpha value is -1.98. The number of carbonyl (C=O) groups excluding carboxylic acids is 1. The number of nitrogens with zero attached hydrogens (tertiary/aromatic N) is 1. The van der Waals surface area contributed by atoms with Crippen molar-refractivity contribution >= 4 is 29.2 Å². The van der Waals surface area contributed by atoms with Gasteiger partial charge < -0.3 is 15.4 Å². The second-order valence-corrected chi connectivity index (χ2v) is 6.39. The Kier molecular flexibility index (Phi) is 7.34. The van der Waals surface area contributed by atoms with Crippen LogP contribution in [0.3, 0.4) is 0 Å². The Morgan fingerprint density at radius 1 is 1.24 bits per heavy atom. The van der Waals surface area contributed by atoms with Gasteiger partial charge in [0.05, 0.1) is 22.7 Å². The molecule has 0 spiro atoms. The number of amides is 2. The second-order valence-electron chi connectivity index (χ2n) is 5.58. The fraction of sp³-hybridized carbons (Fsp3) is 0.333. The third-order valence-corrected chi connectivity index (χ3v) is 4.24. The van der Waals surface area contributed by atoms with E-state index in [1.165, 1.54) is 0 Å². The van der Waals surface area contributed by atoms with E-state index < -0.39 is 0 Å². The largest absolute Gasteiger partial charge is 0.478 e. The Bertz CT molecular complexity index is 708. The lowest BCUT2D eigenvalue weighted by Crippen LogP contribution is -2.36. The highest BCUT2D eigenvalue weighted by Crippen LogP contribution is 2.25. The van der Waals surface area contributed by atoms with Gasteiger partial charge in [-0.3, -0.25) is 0 Å². The summed E-state index contributed by atoms with van der Waals surface area (Å²) in [6, 6.07) is 8.49. The van der Waals surface area contributed by atoms with Gasteiger partial charge in [0, 0.05) is 18.8 Å². The van der Waals surface area contributed by atoms with Crippen molar-refractivity contribution in [3.63, 3.8) is 0 Å². The van der Waals surface area contributed by atoms with Gasteiger partial charge in [0.15, 0.2) is 0 Å². The molecule has 1 aromatic heterocycles. The van der Waals surface area contributed by atoms with Gasteiger partial charge in [0.1, 0.15) is 0 Å². The van der Waals surface area contributed by atoms with Crippen LogP contribution in [0.4, 0.5) is 4.79 Å². The highest BCUT2D eigenvalue weighted by atomic mass is 35.5. The number of urea groups is 1. The summed E-state index contributed by atoms with van der Waals surface area (Å²) in [5.41, 5.74) is 1.77. The summed E-state index contributed by atoms with van der Waals surface area (Å²) >= 11 is 11.9. The third kappa shape index (κ3) is 6.11. The minimum absolute atomic E-state index is 0.197. The molecule has 0 fully saturated rings. The number of carbonyl (C=O) groups is 1. The second kappa shape index (κ2) is 9.49. The number of hydrogen-bond donors (Lipinski definition) is 2. The van der Waals surface area contributed by atoms with Gasteiger partial charge >= 0.3 is 6.03 Å². The van der Waals surface area contributed by atoms with Crippen molar-refractivity contribution in [2.24, 2.45) is 0 Å². The van der Waals surface area contributed by atoms with E-state index in [0.29, 0.717) is 29.1 Å². The van der Waals surface area contributed by atoms with Gasteiger partial charge in [-0.15, -0.1) is 0 Å². The summed E-state index contributed by atoms with van der Waals surface area (Å²) in [6.45, 7) is 4.93. The zero-order valence-corrected chi connectivity index (χ0v) is 15.7. The average molecular weight is 382 g/mol. The minimum Gasteiger partial charge on any atom is -0.478 e. The highest BCUT2D eigenvalue weighted by molar-refractivity contribution is 6.42. The maximum absolute atomic E-state index is 12.0. The molecule has 1 heterocycles. The van der Waals surface area contributed by atoms with Crippen molar-refractivity contribution in [2.45, 2.75) is 32.9 Å². The summed E-state index contributed by atoms with van der Waals surface area (Å²) < 4.78 is 5.42. The van der Waals surface area contributed by atoms with Crippen LogP contribution in [-0.2, 0) is 6.54 Å². The molecule has 134 valence electrons. The molecular weight excluding hydrogens is 361 g/mol. The van der Waals surface area contributed by atoms with Gasteiger partial charge in [-0.2, -0.15) is 0 Å². The summed E-state index contributed by atoms with van der Waals surface area (Å²) in [7, 11) is 0. The van der Waals surface area contributed by atoms with Crippen molar-refractivity contribution < 1.29 is 9.53 Å². The predicted octanol–water partition coefficient (Wildman–Crippen LogP) is 4.74. The van der Waals surface area contributed by atoms with Crippen LogP contribution in [0.5, 0.6) is 5.88 Å². The monoisotopic (exact) mass is 381 g/mol. The number of benzene rings is 1. The van der Waals surface area contributed by atoms with E-state index in [0.717, 1.165) is 17.5 Å². The summed E-state index contributed by atoms with van der Waals surface area (Å²) in [4.78, 5) is 16.2. The molecule has 2 rings (SSSR count). The van der Waals surface area contributed by atoms with E-state index in [-0.39, 0.29) is 12.1 Å². The summed E-state index contributed by atoms with van der Waals surface area (Å²) in [5, 5.41) is 6.60. The van der Waals surface area contributed by atoms with Crippen LogP contribution in [0.2, 0.25) is 10.0 Å². The number of pyridine rings is 1. The first kappa shape index (κ1) is 19.3. The van der Waals surface area contributed by atoms with Gasteiger partial charge in [0.2, 0.25) is 5.88 Å².